The molecule has 0 bridgehead atoms. The Morgan fingerprint density at radius 1 is 1.06 bits per heavy atom. The van der Waals surface area contributed by atoms with Crippen molar-refractivity contribution in [3.05, 3.63) is 24.5 Å². The topological polar surface area (TPSA) is 247 Å². The van der Waals surface area contributed by atoms with Gasteiger partial charge in [-0.2, -0.15) is 8.42 Å². The molecule has 0 aliphatic carbocycles. The van der Waals surface area contributed by atoms with E-state index in [2.05, 4.69) is 9.32 Å². The highest BCUT2D eigenvalue weighted by atomic mass is 32.3. The summed E-state index contributed by atoms with van der Waals surface area (Å²) in [5, 5.41) is 7.06. The van der Waals surface area contributed by atoms with Gasteiger partial charge in [0.05, 0.1) is 0 Å². The number of phosphoric acid groups is 1. The minimum Gasteiger partial charge on any atom is -0.368 e. The Morgan fingerprint density at radius 3 is 1.33 bits per heavy atom. The molecule has 12 nitrogen and oxygen atoms in total. The van der Waals surface area contributed by atoms with Crippen molar-refractivity contribution in [2.45, 2.75) is 0 Å². The van der Waals surface area contributed by atoms with E-state index >= 15 is 0 Å². The second-order valence-electron chi connectivity index (χ2n) is 1.90. The molecule has 0 unspecified atom stereocenters. The van der Waals surface area contributed by atoms with Crippen LogP contribution in [0.4, 0.5) is 0 Å². The van der Waals surface area contributed by atoms with Crippen LogP contribution in [0.15, 0.2) is 24.5 Å². The summed E-state index contributed by atoms with van der Waals surface area (Å²) in [5.41, 5.74) is 0. The van der Waals surface area contributed by atoms with Gasteiger partial charge in [-0.3, -0.25) is 4.55 Å². The molecular weight excluding hydrogens is 297 g/mol. The molecule has 0 radical (unpaired) electrons. The summed E-state index contributed by atoms with van der Waals surface area (Å²) in [6, 6.07) is 3.89. The number of hydrogen-bond acceptors (Lipinski definition) is 7. The molecule has 14 heteroatoms. The van der Waals surface area contributed by atoms with Gasteiger partial charge in [-0.1, -0.05) is 4.33 Å². The number of rotatable bonds is 1. The molecule has 0 atom stereocenters. The van der Waals surface area contributed by atoms with E-state index in [1.807, 2.05) is 24.5 Å². The first kappa shape index (κ1) is 25.9. The van der Waals surface area contributed by atoms with E-state index < -0.39 is 18.2 Å². The third kappa shape index (κ3) is 59.4. The van der Waals surface area contributed by atoms with Crippen molar-refractivity contribution in [2.24, 2.45) is 0 Å². The zero-order valence-corrected chi connectivity index (χ0v) is 10.7. The highest BCUT2D eigenvalue weighted by Crippen LogP contribution is 2.25. The lowest BCUT2D eigenvalue weighted by atomic mass is 10.7. The molecule has 0 saturated carbocycles. The van der Waals surface area contributed by atoms with Crippen LogP contribution in [0, 0.1) is 0 Å². The van der Waals surface area contributed by atoms with Crippen molar-refractivity contribution in [1.82, 2.24) is 17.3 Å². The molecule has 0 saturated heterocycles. The summed E-state index contributed by atoms with van der Waals surface area (Å²) in [6.45, 7) is 0. The second kappa shape index (κ2) is 12.6. The van der Waals surface area contributed by atoms with Crippen molar-refractivity contribution < 1.29 is 41.8 Å². The molecular formula is C4H16N3O9PS. The summed E-state index contributed by atoms with van der Waals surface area (Å²) in [5.74, 6) is 0. The van der Waals surface area contributed by atoms with Crippen LogP contribution < -0.4 is 12.3 Å². The van der Waals surface area contributed by atoms with Gasteiger partial charge in [-0.15, -0.1) is 0 Å². The zero-order chi connectivity index (χ0) is 13.2. The number of hydrogen-bond donors (Lipinski definition) is 8. The maximum Gasteiger partial charge on any atom is 0.466 e. The van der Waals surface area contributed by atoms with Crippen LogP contribution in [0.5, 0.6) is 0 Å². The third-order valence-corrected chi connectivity index (χ3v) is 0.779. The molecule has 0 aliphatic rings. The van der Waals surface area contributed by atoms with E-state index in [-0.39, 0.29) is 12.3 Å². The molecule has 0 spiro atoms. The van der Waals surface area contributed by atoms with Crippen LogP contribution >= 0.6 is 7.82 Å². The molecule has 0 amide bonds. The third-order valence-electron chi connectivity index (χ3n) is 0.590. The predicted molar refractivity (Wildman–Crippen MR) is 60.4 cm³/mol. The Hall–Kier alpha value is -0.860. The summed E-state index contributed by atoms with van der Waals surface area (Å²) in [6.07, 6.45) is 3.75. The Kier molecular flexibility index (Phi) is 18.1. The predicted octanol–water partition coefficient (Wildman–Crippen LogP) is -0.311. The Balaban J connectivity index is -0.0000000776. The van der Waals surface area contributed by atoms with Gasteiger partial charge in [0, 0.05) is 12.4 Å². The average molecular weight is 313 g/mol. The number of H-pyrrole nitrogens is 1. The van der Waals surface area contributed by atoms with E-state index in [1.165, 1.54) is 0 Å². The highest BCUT2D eigenvalue weighted by Gasteiger charge is 2.00. The molecule has 0 aliphatic heterocycles. The lowest BCUT2D eigenvalue weighted by Gasteiger charge is -1.82. The Labute approximate surface area is 103 Å². The van der Waals surface area contributed by atoms with Gasteiger partial charge in [-0.05, 0) is 12.1 Å². The second-order valence-corrected chi connectivity index (χ2v) is 3.93. The van der Waals surface area contributed by atoms with Crippen LogP contribution in [-0.2, 0) is 19.3 Å². The molecule has 0 fully saturated rings. The normalized spacial score (nSPS) is 9.39. The fraction of sp³-hybridized carbons (Fsp3) is 0. The first-order valence-corrected chi connectivity index (χ1v) is 6.16. The van der Waals surface area contributed by atoms with E-state index in [4.69, 9.17) is 37.5 Å². The smallest absolute Gasteiger partial charge is 0.368 e. The first-order chi connectivity index (χ1) is 7.06. The molecule has 1 rings (SSSR count). The summed E-state index contributed by atoms with van der Waals surface area (Å²) >= 11 is 0. The molecule has 1 heterocycles. The van der Waals surface area contributed by atoms with Crippen LogP contribution in [0.25, 0.3) is 0 Å². The molecule has 1 aromatic heterocycles. The van der Waals surface area contributed by atoms with E-state index in [1.54, 1.807) is 0 Å². The van der Waals surface area contributed by atoms with Crippen molar-refractivity contribution in [3.63, 3.8) is 0 Å². The van der Waals surface area contributed by atoms with Crippen LogP contribution in [0.2, 0.25) is 0 Å². The lowest BCUT2D eigenvalue weighted by molar-refractivity contribution is -0.139. The largest absolute Gasteiger partial charge is 0.466 e. The minimum atomic E-state index is -4.64. The molecule has 0 aromatic carbocycles. The summed E-state index contributed by atoms with van der Waals surface area (Å²) < 4.78 is 36.8. The average Bonchev–Trinajstić information content (AvgIpc) is 2.56. The monoisotopic (exact) mass is 313 g/mol. The number of nitrogens with one attached hydrogen (secondary N) is 1. The van der Waals surface area contributed by atoms with Gasteiger partial charge in [0.15, 0.2) is 0 Å². The fourth-order valence-electron chi connectivity index (χ4n) is 0.278. The standard InChI is InChI=1S/C4H5N.2H3N.H2O5S.H3O4P/c1-2-4-5-3-1;;;1-5-6(2,3)4;1-5(2,3)4/h1-5H;2*1H3;1H,(H,2,3,4);(H3,1,2,3,4). The SMILES string of the molecule is N.N.O=P(O)(O)O.O=S(=O)(O)OO.c1cc[nH]c1. The van der Waals surface area contributed by atoms with Gasteiger partial charge in [0.2, 0.25) is 0 Å². The number of aromatic amines is 1. The van der Waals surface area contributed by atoms with E-state index in [0.29, 0.717) is 0 Å². The Bertz CT molecular complexity index is 360. The van der Waals surface area contributed by atoms with Gasteiger partial charge in [0.1, 0.15) is 0 Å². The molecule has 12 N–H and O–H groups in total. The van der Waals surface area contributed by atoms with Crippen molar-refractivity contribution in [1.29, 1.82) is 0 Å². The van der Waals surface area contributed by atoms with Gasteiger partial charge in [0.25, 0.3) is 0 Å². The summed E-state index contributed by atoms with van der Waals surface area (Å²) in [4.78, 5) is 24.4. The van der Waals surface area contributed by atoms with Crippen LogP contribution in [0.3, 0.4) is 0 Å². The maximum absolute atomic E-state index is 9.08. The summed E-state index contributed by atoms with van der Waals surface area (Å²) in [7, 11) is -9.25. The Morgan fingerprint density at radius 2 is 1.28 bits per heavy atom. The van der Waals surface area contributed by atoms with Gasteiger partial charge >= 0.3 is 18.2 Å². The van der Waals surface area contributed by atoms with Crippen LogP contribution in [0.1, 0.15) is 0 Å². The zero-order valence-electron chi connectivity index (χ0n) is 8.95. The fourth-order valence-corrected chi connectivity index (χ4v) is 0.278. The molecule has 18 heavy (non-hydrogen) atoms. The molecule has 1 aromatic rings. The van der Waals surface area contributed by atoms with Gasteiger partial charge < -0.3 is 32.0 Å². The first-order valence-electron chi connectivity index (χ1n) is 3.23. The van der Waals surface area contributed by atoms with Gasteiger partial charge in [-0.25, -0.2) is 9.82 Å². The number of aromatic nitrogens is 1. The highest BCUT2D eigenvalue weighted by molar-refractivity contribution is 7.80. The van der Waals surface area contributed by atoms with E-state index in [0.717, 1.165) is 0 Å². The van der Waals surface area contributed by atoms with Crippen molar-refractivity contribution >= 4 is 18.2 Å². The maximum atomic E-state index is 9.08. The van der Waals surface area contributed by atoms with Crippen molar-refractivity contribution in [3.8, 4) is 0 Å². The quantitative estimate of drug-likeness (QED) is 0.144. The lowest BCUT2D eigenvalue weighted by Crippen LogP contribution is -1.97. The molecule has 112 valence electrons. The van der Waals surface area contributed by atoms with Crippen molar-refractivity contribution in [2.75, 3.05) is 0 Å². The van der Waals surface area contributed by atoms with E-state index in [9.17, 15) is 0 Å². The van der Waals surface area contributed by atoms with Crippen LogP contribution in [-0.4, -0.2) is 37.9 Å². The minimum absolute atomic E-state index is 0.